The molecule has 1 unspecified atom stereocenters. The number of aryl methyl sites for hydroxylation is 2. The lowest BCUT2D eigenvalue weighted by atomic mass is 9.88. The Morgan fingerprint density at radius 3 is 2.78 bits per heavy atom. The third kappa shape index (κ3) is 3.28. The van der Waals surface area contributed by atoms with Gasteiger partial charge in [0.1, 0.15) is 12.2 Å². The summed E-state index contributed by atoms with van der Waals surface area (Å²) >= 11 is 0. The minimum atomic E-state index is -1.01. The van der Waals surface area contributed by atoms with Gasteiger partial charge in [-0.25, -0.2) is 0 Å². The normalized spacial score (nSPS) is 16.7. The number of fused-ring (bicyclic) bond motifs is 1. The molecule has 0 bridgehead atoms. The van der Waals surface area contributed by atoms with Gasteiger partial charge in [-0.05, 0) is 37.3 Å². The van der Waals surface area contributed by atoms with Gasteiger partial charge in [0.2, 0.25) is 0 Å². The molecule has 120 valence electrons. The monoisotopic (exact) mass is 313 g/mol. The molecule has 1 aromatic heterocycles. The fourth-order valence-electron chi connectivity index (χ4n) is 3.15. The van der Waals surface area contributed by atoms with Gasteiger partial charge in [0.25, 0.3) is 5.91 Å². The van der Waals surface area contributed by atoms with Gasteiger partial charge in [-0.2, -0.15) is 0 Å². The summed E-state index contributed by atoms with van der Waals surface area (Å²) < 4.78 is 5.23. The summed E-state index contributed by atoms with van der Waals surface area (Å²) in [5.74, 6) is -1.06. The predicted molar refractivity (Wildman–Crippen MR) is 84.5 cm³/mol. The Bertz CT molecular complexity index is 747. The van der Waals surface area contributed by atoms with Crippen molar-refractivity contribution in [3.05, 3.63) is 58.5 Å². The molecule has 5 nitrogen and oxygen atoms in total. The Labute approximate surface area is 134 Å². The molecule has 3 rings (SSSR count). The van der Waals surface area contributed by atoms with Crippen LogP contribution in [0.5, 0.6) is 0 Å². The number of aliphatic carboxylic acids is 1. The molecule has 0 fully saturated rings. The fraction of sp³-hybridized carbons (Fsp3) is 0.333. The molecule has 0 aliphatic heterocycles. The number of carbonyl (C=O) groups is 2. The van der Waals surface area contributed by atoms with Crippen molar-refractivity contribution < 1.29 is 19.1 Å². The molecule has 1 aromatic carbocycles. The molecule has 23 heavy (non-hydrogen) atoms. The number of carbonyl (C=O) groups excluding carboxylic acids is 1. The average Bonchev–Trinajstić information content (AvgIpc) is 2.87. The SMILES string of the molecule is Cc1coc(CC(=O)O)c1C(=O)NC1CCc2ccccc2C1. The van der Waals surface area contributed by atoms with Crippen molar-refractivity contribution in [3.63, 3.8) is 0 Å². The number of nitrogens with one attached hydrogen (secondary N) is 1. The van der Waals surface area contributed by atoms with Gasteiger partial charge >= 0.3 is 5.97 Å². The lowest BCUT2D eigenvalue weighted by Gasteiger charge is -2.25. The number of furan rings is 1. The summed E-state index contributed by atoms with van der Waals surface area (Å²) in [6.45, 7) is 1.75. The van der Waals surface area contributed by atoms with Crippen LogP contribution in [0.25, 0.3) is 0 Å². The first-order valence-electron chi connectivity index (χ1n) is 7.71. The number of rotatable bonds is 4. The van der Waals surface area contributed by atoms with Crippen LogP contribution < -0.4 is 5.32 Å². The molecule has 2 aromatic rings. The molecule has 0 spiro atoms. The highest BCUT2D eigenvalue weighted by Gasteiger charge is 2.25. The highest BCUT2D eigenvalue weighted by molar-refractivity contribution is 5.97. The van der Waals surface area contributed by atoms with Crippen LogP contribution in [-0.2, 0) is 24.1 Å². The molecule has 1 aliphatic rings. The van der Waals surface area contributed by atoms with Crippen molar-refractivity contribution in [2.45, 2.75) is 38.6 Å². The first-order chi connectivity index (χ1) is 11.0. The van der Waals surface area contributed by atoms with Crippen molar-refractivity contribution >= 4 is 11.9 Å². The van der Waals surface area contributed by atoms with Crippen LogP contribution in [0, 0.1) is 6.92 Å². The zero-order valence-electron chi connectivity index (χ0n) is 13.0. The van der Waals surface area contributed by atoms with Crippen LogP contribution in [0.3, 0.4) is 0 Å². The summed E-state index contributed by atoms with van der Waals surface area (Å²) in [6.07, 6.45) is 3.77. The maximum atomic E-state index is 12.5. The van der Waals surface area contributed by atoms with Crippen molar-refractivity contribution in [2.24, 2.45) is 0 Å². The van der Waals surface area contributed by atoms with Crippen LogP contribution in [0.4, 0.5) is 0 Å². The topological polar surface area (TPSA) is 79.5 Å². The van der Waals surface area contributed by atoms with E-state index in [0.29, 0.717) is 11.1 Å². The van der Waals surface area contributed by atoms with Crippen LogP contribution in [0.2, 0.25) is 0 Å². The second-order valence-corrected chi connectivity index (χ2v) is 5.97. The Morgan fingerprint density at radius 2 is 2.04 bits per heavy atom. The van der Waals surface area contributed by atoms with E-state index in [-0.39, 0.29) is 24.1 Å². The average molecular weight is 313 g/mol. The van der Waals surface area contributed by atoms with E-state index in [1.165, 1.54) is 17.4 Å². The summed E-state index contributed by atoms with van der Waals surface area (Å²) in [5.41, 5.74) is 3.61. The fourth-order valence-corrected chi connectivity index (χ4v) is 3.15. The number of hydrogen-bond donors (Lipinski definition) is 2. The van der Waals surface area contributed by atoms with Crippen molar-refractivity contribution in [2.75, 3.05) is 0 Å². The van der Waals surface area contributed by atoms with Gasteiger partial charge in [-0.15, -0.1) is 0 Å². The van der Waals surface area contributed by atoms with Crippen LogP contribution in [0.15, 0.2) is 34.9 Å². The third-order valence-electron chi connectivity index (χ3n) is 4.27. The van der Waals surface area contributed by atoms with Gasteiger partial charge in [-0.1, -0.05) is 24.3 Å². The van der Waals surface area contributed by atoms with E-state index in [4.69, 9.17) is 9.52 Å². The maximum absolute atomic E-state index is 12.5. The molecule has 1 aliphatic carbocycles. The number of amides is 1. The Kier molecular flexibility index (Phi) is 4.19. The zero-order valence-corrected chi connectivity index (χ0v) is 13.0. The van der Waals surface area contributed by atoms with Gasteiger partial charge in [0.15, 0.2) is 0 Å². The Hall–Kier alpha value is -2.56. The van der Waals surface area contributed by atoms with Crippen molar-refractivity contribution in [1.82, 2.24) is 5.32 Å². The minimum Gasteiger partial charge on any atom is -0.481 e. The van der Waals surface area contributed by atoms with E-state index in [9.17, 15) is 9.59 Å². The molecule has 0 saturated heterocycles. The highest BCUT2D eigenvalue weighted by Crippen LogP contribution is 2.22. The molecule has 1 amide bonds. The zero-order chi connectivity index (χ0) is 16.4. The lowest BCUT2D eigenvalue weighted by molar-refractivity contribution is -0.136. The molecule has 0 saturated carbocycles. The quantitative estimate of drug-likeness (QED) is 0.909. The summed E-state index contributed by atoms with van der Waals surface area (Å²) in [5, 5.41) is 11.9. The second-order valence-electron chi connectivity index (χ2n) is 5.97. The van der Waals surface area contributed by atoms with Crippen molar-refractivity contribution in [1.29, 1.82) is 0 Å². The predicted octanol–water partition coefficient (Wildman–Crippen LogP) is 2.50. The Morgan fingerprint density at radius 1 is 1.30 bits per heavy atom. The third-order valence-corrected chi connectivity index (χ3v) is 4.27. The van der Waals surface area contributed by atoms with E-state index in [2.05, 4.69) is 17.4 Å². The molecule has 1 heterocycles. The van der Waals surface area contributed by atoms with Crippen LogP contribution in [0.1, 0.15) is 39.2 Å². The molecule has 2 N–H and O–H groups in total. The van der Waals surface area contributed by atoms with E-state index in [1.54, 1.807) is 6.92 Å². The van der Waals surface area contributed by atoms with Gasteiger partial charge in [-0.3, -0.25) is 9.59 Å². The van der Waals surface area contributed by atoms with Gasteiger partial charge in [0.05, 0.1) is 11.8 Å². The van der Waals surface area contributed by atoms with Crippen LogP contribution >= 0.6 is 0 Å². The standard InChI is InChI=1S/C18H19NO4/c1-11-10-23-15(9-16(20)21)17(11)18(22)19-14-7-6-12-4-2-3-5-13(12)8-14/h2-5,10,14H,6-9H2,1H3,(H,19,22)(H,20,21). The van der Waals surface area contributed by atoms with Gasteiger partial charge < -0.3 is 14.8 Å². The minimum absolute atomic E-state index is 0.0596. The number of carboxylic acids is 1. The molecule has 1 atom stereocenters. The molecular weight excluding hydrogens is 294 g/mol. The first kappa shape index (κ1) is 15.3. The molecule has 5 heteroatoms. The highest BCUT2D eigenvalue weighted by atomic mass is 16.4. The summed E-state index contributed by atoms with van der Waals surface area (Å²) in [4.78, 5) is 23.4. The second kappa shape index (κ2) is 6.28. The van der Waals surface area contributed by atoms with E-state index < -0.39 is 5.97 Å². The van der Waals surface area contributed by atoms with E-state index in [0.717, 1.165) is 19.3 Å². The van der Waals surface area contributed by atoms with Gasteiger partial charge in [0, 0.05) is 11.6 Å². The van der Waals surface area contributed by atoms with Crippen LogP contribution in [-0.4, -0.2) is 23.0 Å². The largest absolute Gasteiger partial charge is 0.481 e. The summed E-state index contributed by atoms with van der Waals surface area (Å²) in [6, 6.07) is 8.31. The molecular formula is C18H19NO4. The van der Waals surface area contributed by atoms with Crippen molar-refractivity contribution in [3.8, 4) is 0 Å². The Balaban J connectivity index is 1.73. The lowest BCUT2D eigenvalue weighted by Crippen LogP contribution is -2.39. The first-order valence-corrected chi connectivity index (χ1v) is 7.71. The summed E-state index contributed by atoms with van der Waals surface area (Å²) in [7, 11) is 0. The number of benzene rings is 1. The molecule has 0 radical (unpaired) electrons. The number of carboxylic acid groups (broad SMARTS) is 1. The maximum Gasteiger partial charge on any atom is 0.311 e. The van der Waals surface area contributed by atoms with E-state index >= 15 is 0 Å². The smallest absolute Gasteiger partial charge is 0.311 e. The van der Waals surface area contributed by atoms with E-state index in [1.807, 2.05) is 12.1 Å². The number of hydrogen-bond acceptors (Lipinski definition) is 3.